The van der Waals surface area contributed by atoms with Crippen LogP contribution in [-0.2, 0) is 17.7 Å². The summed E-state index contributed by atoms with van der Waals surface area (Å²) in [6, 6.07) is 1.04. The standard InChI is InChI=1S/C15H26N4O/c1-3-19-9-12(8-17-19)7-14(16-2)15-10-18-6-4-5-13(18)11-20-15/h8-9,13-16H,3-7,10-11H2,1-2H3. The molecule has 0 aliphatic carbocycles. The SMILES string of the molecule is CCn1cc(CC(NC)C2CN3CCCC3CO2)cn1. The van der Waals surface area contributed by atoms with E-state index in [2.05, 4.69) is 28.4 Å². The maximum Gasteiger partial charge on any atom is 0.0858 e. The van der Waals surface area contributed by atoms with Gasteiger partial charge >= 0.3 is 0 Å². The third kappa shape index (κ3) is 2.90. The van der Waals surface area contributed by atoms with Crippen molar-refractivity contribution in [1.29, 1.82) is 0 Å². The lowest BCUT2D eigenvalue weighted by molar-refractivity contribution is -0.0634. The molecule has 3 atom stereocenters. The maximum atomic E-state index is 6.12. The molecular weight excluding hydrogens is 252 g/mol. The zero-order chi connectivity index (χ0) is 13.9. The first-order valence-corrected chi connectivity index (χ1v) is 7.84. The van der Waals surface area contributed by atoms with Crippen LogP contribution in [-0.4, -0.2) is 59.6 Å². The van der Waals surface area contributed by atoms with E-state index in [9.17, 15) is 0 Å². The fourth-order valence-electron chi connectivity index (χ4n) is 3.44. The maximum absolute atomic E-state index is 6.12. The van der Waals surface area contributed by atoms with E-state index in [-0.39, 0.29) is 0 Å². The highest BCUT2D eigenvalue weighted by molar-refractivity contribution is 5.08. The lowest BCUT2D eigenvalue weighted by Crippen LogP contribution is -2.54. The molecule has 0 spiro atoms. The first-order valence-electron chi connectivity index (χ1n) is 7.84. The molecule has 1 aromatic heterocycles. The molecule has 5 heteroatoms. The number of aromatic nitrogens is 2. The molecule has 0 amide bonds. The van der Waals surface area contributed by atoms with Gasteiger partial charge in [-0.1, -0.05) is 0 Å². The van der Waals surface area contributed by atoms with E-state index >= 15 is 0 Å². The van der Waals surface area contributed by atoms with E-state index in [1.165, 1.54) is 24.9 Å². The molecule has 112 valence electrons. The minimum atomic E-state index is 0.291. The Morgan fingerprint density at radius 3 is 3.20 bits per heavy atom. The van der Waals surface area contributed by atoms with Crippen molar-refractivity contribution >= 4 is 0 Å². The number of nitrogens with one attached hydrogen (secondary N) is 1. The molecule has 3 rings (SSSR count). The Morgan fingerprint density at radius 2 is 2.45 bits per heavy atom. The summed E-state index contributed by atoms with van der Waals surface area (Å²) in [6.07, 6.45) is 8.04. The van der Waals surface area contributed by atoms with Crippen molar-refractivity contribution in [3.63, 3.8) is 0 Å². The van der Waals surface area contributed by atoms with Crippen LogP contribution in [0.15, 0.2) is 12.4 Å². The minimum Gasteiger partial charge on any atom is -0.374 e. The Balaban J connectivity index is 1.61. The van der Waals surface area contributed by atoms with Crippen molar-refractivity contribution in [1.82, 2.24) is 20.0 Å². The van der Waals surface area contributed by atoms with Crippen LogP contribution in [0.3, 0.4) is 0 Å². The van der Waals surface area contributed by atoms with E-state index in [4.69, 9.17) is 4.74 Å². The van der Waals surface area contributed by atoms with Gasteiger partial charge in [0, 0.05) is 31.4 Å². The second-order valence-corrected chi connectivity index (χ2v) is 5.97. The molecule has 5 nitrogen and oxygen atoms in total. The van der Waals surface area contributed by atoms with E-state index in [1.54, 1.807) is 0 Å². The molecule has 3 unspecified atom stereocenters. The van der Waals surface area contributed by atoms with Gasteiger partial charge < -0.3 is 10.1 Å². The Bertz CT molecular complexity index is 433. The zero-order valence-corrected chi connectivity index (χ0v) is 12.6. The van der Waals surface area contributed by atoms with Gasteiger partial charge in [0.1, 0.15) is 0 Å². The first kappa shape index (κ1) is 14.0. The Morgan fingerprint density at radius 1 is 1.55 bits per heavy atom. The predicted molar refractivity (Wildman–Crippen MR) is 78.8 cm³/mol. The van der Waals surface area contributed by atoms with E-state index in [0.29, 0.717) is 18.2 Å². The largest absolute Gasteiger partial charge is 0.374 e. The summed E-state index contributed by atoms with van der Waals surface area (Å²) in [7, 11) is 2.04. The highest BCUT2D eigenvalue weighted by atomic mass is 16.5. The van der Waals surface area contributed by atoms with Gasteiger partial charge in [0.05, 0.1) is 18.9 Å². The highest BCUT2D eigenvalue weighted by Crippen LogP contribution is 2.24. The number of morpholine rings is 1. The van der Waals surface area contributed by atoms with E-state index < -0.39 is 0 Å². The number of aryl methyl sites for hydroxylation is 1. The molecule has 2 saturated heterocycles. The summed E-state index contributed by atoms with van der Waals surface area (Å²) in [5.41, 5.74) is 1.29. The van der Waals surface area contributed by atoms with Gasteiger partial charge in [-0.25, -0.2) is 0 Å². The van der Waals surface area contributed by atoms with Crippen LogP contribution in [0.1, 0.15) is 25.3 Å². The molecule has 2 aliphatic heterocycles. The third-order valence-corrected chi connectivity index (χ3v) is 4.70. The van der Waals surface area contributed by atoms with Crippen molar-refractivity contribution in [3.8, 4) is 0 Å². The first-order chi connectivity index (χ1) is 9.80. The minimum absolute atomic E-state index is 0.291. The van der Waals surface area contributed by atoms with Gasteiger partial charge in [0.2, 0.25) is 0 Å². The van der Waals surface area contributed by atoms with Crippen LogP contribution in [0.4, 0.5) is 0 Å². The average molecular weight is 278 g/mol. The third-order valence-electron chi connectivity index (χ3n) is 4.70. The number of rotatable bonds is 5. The molecule has 2 aliphatic rings. The molecule has 0 saturated carbocycles. The summed E-state index contributed by atoms with van der Waals surface area (Å²) in [6.45, 7) is 6.26. The number of ether oxygens (including phenoxy) is 1. The van der Waals surface area contributed by atoms with Gasteiger partial charge in [0.15, 0.2) is 0 Å². The summed E-state index contributed by atoms with van der Waals surface area (Å²) in [5.74, 6) is 0. The molecule has 0 radical (unpaired) electrons. The topological polar surface area (TPSA) is 42.3 Å². The van der Waals surface area contributed by atoms with Gasteiger partial charge in [-0.05, 0) is 45.3 Å². The Labute approximate surface area is 121 Å². The molecule has 0 bridgehead atoms. The lowest BCUT2D eigenvalue weighted by Gasteiger charge is -2.38. The van der Waals surface area contributed by atoms with Crippen LogP contribution >= 0.6 is 0 Å². The van der Waals surface area contributed by atoms with Crippen molar-refractivity contribution in [3.05, 3.63) is 18.0 Å². The predicted octanol–water partition coefficient (Wildman–Crippen LogP) is 0.897. The smallest absolute Gasteiger partial charge is 0.0858 e. The number of likely N-dealkylation sites (N-methyl/N-ethyl adjacent to an activating group) is 1. The molecule has 1 aromatic rings. The molecule has 0 aromatic carbocycles. The monoisotopic (exact) mass is 278 g/mol. The average Bonchev–Trinajstić information content (AvgIpc) is 3.12. The molecule has 20 heavy (non-hydrogen) atoms. The second-order valence-electron chi connectivity index (χ2n) is 5.97. The van der Waals surface area contributed by atoms with Crippen molar-refractivity contribution < 1.29 is 4.74 Å². The van der Waals surface area contributed by atoms with Crippen LogP contribution in [0.5, 0.6) is 0 Å². The fraction of sp³-hybridized carbons (Fsp3) is 0.800. The summed E-state index contributed by atoms with van der Waals surface area (Å²) in [5, 5.41) is 7.80. The summed E-state index contributed by atoms with van der Waals surface area (Å²) < 4.78 is 8.11. The van der Waals surface area contributed by atoms with Crippen LogP contribution in [0, 0.1) is 0 Å². The zero-order valence-electron chi connectivity index (χ0n) is 12.6. The second kappa shape index (κ2) is 6.24. The van der Waals surface area contributed by atoms with E-state index in [0.717, 1.165) is 26.1 Å². The fourth-order valence-corrected chi connectivity index (χ4v) is 3.44. The van der Waals surface area contributed by atoms with Gasteiger partial charge in [0.25, 0.3) is 0 Å². The van der Waals surface area contributed by atoms with Crippen LogP contribution in [0.25, 0.3) is 0 Å². The van der Waals surface area contributed by atoms with Gasteiger partial charge in [-0.2, -0.15) is 5.10 Å². The Hall–Kier alpha value is -0.910. The van der Waals surface area contributed by atoms with E-state index in [1.807, 2.05) is 17.9 Å². The molecule has 1 N–H and O–H groups in total. The quantitative estimate of drug-likeness (QED) is 0.869. The van der Waals surface area contributed by atoms with Crippen molar-refractivity contribution in [2.75, 3.05) is 26.7 Å². The number of nitrogens with zero attached hydrogens (tertiary/aromatic N) is 3. The summed E-state index contributed by atoms with van der Waals surface area (Å²) >= 11 is 0. The Kier molecular flexibility index (Phi) is 4.38. The van der Waals surface area contributed by atoms with Gasteiger partial charge in [-0.3, -0.25) is 9.58 Å². The highest BCUT2D eigenvalue weighted by Gasteiger charge is 2.35. The van der Waals surface area contributed by atoms with Crippen molar-refractivity contribution in [2.24, 2.45) is 0 Å². The van der Waals surface area contributed by atoms with Crippen LogP contribution < -0.4 is 5.32 Å². The number of hydrogen-bond donors (Lipinski definition) is 1. The number of fused-ring (bicyclic) bond motifs is 1. The van der Waals surface area contributed by atoms with Crippen LogP contribution in [0.2, 0.25) is 0 Å². The normalized spacial score (nSPS) is 28.5. The molecular formula is C15H26N4O. The van der Waals surface area contributed by atoms with Crippen molar-refractivity contribution in [2.45, 2.75) is 50.9 Å². The summed E-state index contributed by atoms with van der Waals surface area (Å²) in [4.78, 5) is 2.61. The molecule has 2 fully saturated rings. The lowest BCUT2D eigenvalue weighted by atomic mass is 10.0. The molecule has 3 heterocycles. The number of hydrogen-bond acceptors (Lipinski definition) is 4. The van der Waals surface area contributed by atoms with Gasteiger partial charge in [-0.15, -0.1) is 0 Å².